The molecular formula is C16H17NO4. The first-order chi connectivity index (χ1) is 9.99. The molecule has 21 heavy (non-hydrogen) atoms. The molecule has 0 aliphatic heterocycles. The van der Waals surface area contributed by atoms with Crippen molar-refractivity contribution in [2.45, 2.75) is 20.8 Å². The van der Waals surface area contributed by atoms with Crippen molar-refractivity contribution >= 4 is 11.6 Å². The van der Waals surface area contributed by atoms with Crippen molar-refractivity contribution < 1.29 is 13.9 Å². The van der Waals surface area contributed by atoms with E-state index in [1.54, 1.807) is 6.92 Å². The molecule has 5 heteroatoms. The van der Waals surface area contributed by atoms with Gasteiger partial charge in [-0.2, -0.15) is 0 Å². The van der Waals surface area contributed by atoms with E-state index in [4.69, 9.17) is 9.15 Å². The Morgan fingerprint density at radius 3 is 2.71 bits per heavy atom. The Labute approximate surface area is 122 Å². The van der Waals surface area contributed by atoms with E-state index >= 15 is 0 Å². The third-order valence-corrected chi connectivity index (χ3v) is 3.23. The molecule has 0 aliphatic carbocycles. The summed E-state index contributed by atoms with van der Waals surface area (Å²) in [5, 5.41) is 2.76. The Morgan fingerprint density at radius 2 is 2.00 bits per heavy atom. The van der Waals surface area contributed by atoms with Crippen molar-refractivity contribution in [2.75, 3.05) is 11.9 Å². The van der Waals surface area contributed by atoms with Gasteiger partial charge in [0.2, 0.25) is 11.2 Å². The number of carbonyl (C=O) groups is 1. The minimum atomic E-state index is -0.327. The largest absolute Gasteiger partial charge is 0.476 e. The Bertz CT molecular complexity index is 718. The highest BCUT2D eigenvalue weighted by molar-refractivity contribution is 5.92. The van der Waals surface area contributed by atoms with Crippen LogP contribution in [0, 0.1) is 20.8 Å². The van der Waals surface area contributed by atoms with Gasteiger partial charge in [0.25, 0.3) is 5.91 Å². The van der Waals surface area contributed by atoms with E-state index in [9.17, 15) is 9.59 Å². The predicted octanol–water partition coefficient (Wildman–Crippen LogP) is 2.58. The van der Waals surface area contributed by atoms with E-state index in [1.807, 2.05) is 32.0 Å². The molecule has 0 aliphatic rings. The molecule has 0 bridgehead atoms. The number of rotatable bonds is 4. The van der Waals surface area contributed by atoms with Crippen molar-refractivity contribution in [3.63, 3.8) is 0 Å². The summed E-state index contributed by atoms with van der Waals surface area (Å²) in [4.78, 5) is 23.5. The monoisotopic (exact) mass is 287 g/mol. The van der Waals surface area contributed by atoms with Crippen LogP contribution in [0.1, 0.15) is 16.9 Å². The molecule has 1 amide bonds. The summed E-state index contributed by atoms with van der Waals surface area (Å²) < 4.78 is 10.3. The highest BCUT2D eigenvalue weighted by atomic mass is 16.5. The summed E-state index contributed by atoms with van der Waals surface area (Å²) >= 11 is 0. The second-order valence-electron chi connectivity index (χ2n) is 4.75. The molecule has 0 spiro atoms. The lowest BCUT2D eigenvalue weighted by Gasteiger charge is -2.11. The van der Waals surface area contributed by atoms with Gasteiger partial charge in [-0.25, -0.2) is 0 Å². The van der Waals surface area contributed by atoms with Crippen molar-refractivity contribution in [2.24, 2.45) is 0 Å². The van der Waals surface area contributed by atoms with E-state index < -0.39 is 0 Å². The zero-order valence-electron chi connectivity index (χ0n) is 12.2. The molecule has 2 rings (SSSR count). The molecule has 0 saturated carbocycles. The Morgan fingerprint density at radius 1 is 1.24 bits per heavy atom. The first-order valence-corrected chi connectivity index (χ1v) is 6.56. The number of amides is 1. The van der Waals surface area contributed by atoms with Gasteiger partial charge < -0.3 is 14.5 Å². The van der Waals surface area contributed by atoms with E-state index in [2.05, 4.69) is 5.32 Å². The first-order valence-electron chi connectivity index (χ1n) is 6.56. The lowest BCUT2D eigenvalue weighted by molar-refractivity contribution is -0.118. The van der Waals surface area contributed by atoms with Gasteiger partial charge in [-0.3, -0.25) is 9.59 Å². The predicted molar refractivity (Wildman–Crippen MR) is 79.8 cm³/mol. The maximum absolute atomic E-state index is 11.9. The lowest BCUT2D eigenvalue weighted by atomic mass is 10.1. The fourth-order valence-corrected chi connectivity index (χ4v) is 1.88. The SMILES string of the molecule is Cc1cccc(NC(=O)COc2c(C)occc2=O)c1C. The van der Waals surface area contributed by atoms with Crippen molar-refractivity contribution in [3.05, 3.63) is 57.6 Å². The molecule has 2 aromatic rings. The Hall–Kier alpha value is -2.56. The smallest absolute Gasteiger partial charge is 0.262 e. The number of aryl methyl sites for hydroxylation is 2. The molecule has 0 fully saturated rings. The number of nitrogens with one attached hydrogen (secondary N) is 1. The molecule has 0 atom stereocenters. The van der Waals surface area contributed by atoms with Gasteiger partial charge in [-0.05, 0) is 38.0 Å². The molecule has 0 unspecified atom stereocenters. The summed E-state index contributed by atoms with van der Waals surface area (Å²) in [6.07, 6.45) is 1.29. The van der Waals surface area contributed by atoms with E-state index in [0.717, 1.165) is 16.8 Å². The molecule has 1 aromatic carbocycles. The minimum absolute atomic E-state index is 0.0635. The van der Waals surface area contributed by atoms with Gasteiger partial charge in [0.15, 0.2) is 6.61 Å². The van der Waals surface area contributed by atoms with E-state index in [-0.39, 0.29) is 23.7 Å². The maximum Gasteiger partial charge on any atom is 0.262 e. The average Bonchev–Trinajstić information content (AvgIpc) is 2.43. The van der Waals surface area contributed by atoms with Crippen LogP contribution in [0.5, 0.6) is 5.75 Å². The van der Waals surface area contributed by atoms with Gasteiger partial charge in [0, 0.05) is 11.8 Å². The van der Waals surface area contributed by atoms with Crippen LogP contribution in [0.4, 0.5) is 5.69 Å². The van der Waals surface area contributed by atoms with Gasteiger partial charge in [0.05, 0.1) is 6.26 Å². The summed E-state index contributed by atoms with van der Waals surface area (Å²) in [5.74, 6) is 0.0852. The number of benzene rings is 1. The second-order valence-corrected chi connectivity index (χ2v) is 4.75. The molecular weight excluding hydrogens is 270 g/mol. The molecule has 1 N–H and O–H groups in total. The molecule has 1 aromatic heterocycles. The van der Waals surface area contributed by atoms with Gasteiger partial charge in [-0.15, -0.1) is 0 Å². The lowest BCUT2D eigenvalue weighted by Crippen LogP contribution is -2.23. The van der Waals surface area contributed by atoms with E-state index in [0.29, 0.717) is 5.76 Å². The van der Waals surface area contributed by atoms with Crippen LogP contribution in [0.25, 0.3) is 0 Å². The van der Waals surface area contributed by atoms with Crippen LogP contribution >= 0.6 is 0 Å². The van der Waals surface area contributed by atoms with Crippen LogP contribution in [0.2, 0.25) is 0 Å². The number of hydrogen-bond donors (Lipinski definition) is 1. The van der Waals surface area contributed by atoms with Crippen molar-refractivity contribution in [1.82, 2.24) is 0 Å². The molecule has 0 radical (unpaired) electrons. The minimum Gasteiger partial charge on any atom is -0.476 e. The number of anilines is 1. The topological polar surface area (TPSA) is 68.5 Å². The van der Waals surface area contributed by atoms with Crippen LogP contribution in [-0.4, -0.2) is 12.5 Å². The maximum atomic E-state index is 11.9. The van der Waals surface area contributed by atoms with Crippen molar-refractivity contribution in [1.29, 1.82) is 0 Å². The number of ether oxygens (including phenoxy) is 1. The zero-order chi connectivity index (χ0) is 15.4. The van der Waals surface area contributed by atoms with E-state index in [1.165, 1.54) is 12.3 Å². The normalized spacial score (nSPS) is 10.2. The third-order valence-electron chi connectivity index (χ3n) is 3.23. The van der Waals surface area contributed by atoms with Gasteiger partial charge >= 0.3 is 0 Å². The van der Waals surface area contributed by atoms with Gasteiger partial charge in [0.1, 0.15) is 5.76 Å². The van der Waals surface area contributed by atoms with Crippen LogP contribution in [-0.2, 0) is 4.79 Å². The highest BCUT2D eigenvalue weighted by Gasteiger charge is 2.11. The summed E-state index contributed by atoms with van der Waals surface area (Å²) in [5.41, 5.74) is 2.52. The molecule has 5 nitrogen and oxygen atoms in total. The quantitative estimate of drug-likeness (QED) is 0.938. The third kappa shape index (κ3) is 3.51. The molecule has 110 valence electrons. The average molecular weight is 287 g/mol. The van der Waals surface area contributed by atoms with Gasteiger partial charge in [-0.1, -0.05) is 12.1 Å². The summed E-state index contributed by atoms with van der Waals surface area (Å²) in [7, 11) is 0. The Balaban J connectivity index is 2.03. The fraction of sp³-hybridized carbons (Fsp3) is 0.250. The zero-order valence-corrected chi connectivity index (χ0v) is 12.2. The van der Waals surface area contributed by atoms with Crippen LogP contribution < -0.4 is 15.5 Å². The Kier molecular flexibility index (Phi) is 4.42. The second kappa shape index (κ2) is 6.26. The number of hydrogen-bond acceptors (Lipinski definition) is 4. The fourth-order valence-electron chi connectivity index (χ4n) is 1.88. The molecule has 0 saturated heterocycles. The van der Waals surface area contributed by atoms with Crippen LogP contribution in [0.3, 0.4) is 0 Å². The summed E-state index contributed by atoms with van der Waals surface area (Å²) in [6, 6.07) is 6.92. The van der Waals surface area contributed by atoms with Crippen LogP contribution in [0.15, 0.2) is 39.7 Å². The number of carbonyl (C=O) groups excluding carboxylic acids is 1. The van der Waals surface area contributed by atoms with Crippen molar-refractivity contribution in [3.8, 4) is 5.75 Å². The summed E-state index contributed by atoms with van der Waals surface area (Å²) in [6.45, 7) is 5.27. The highest BCUT2D eigenvalue weighted by Crippen LogP contribution is 2.18. The molecule has 1 heterocycles. The first kappa shape index (κ1) is 14.8. The standard InChI is InChI=1S/C16H17NO4/c1-10-5-4-6-13(11(10)2)17-15(19)9-21-16-12(3)20-8-7-14(16)18/h4-8H,9H2,1-3H3,(H,17,19).